The van der Waals surface area contributed by atoms with Gasteiger partial charge in [0.05, 0.1) is 6.10 Å². The number of hydrogen-bond donors (Lipinski definition) is 2. The monoisotopic (exact) mass is 255 g/mol. The van der Waals surface area contributed by atoms with Crippen LogP contribution in [0.4, 0.5) is 0 Å². The Labute approximate surface area is 107 Å². The first-order valence-electron chi connectivity index (χ1n) is 5.69. The number of aliphatic hydroxyl groups is 1. The van der Waals surface area contributed by atoms with Crippen LogP contribution in [0.5, 0.6) is 0 Å². The van der Waals surface area contributed by atoms with Gasteiger partial charge in [0, 0.05) is 18.0 Å². The molecule has 1 atom stereocenters. The van der Waals surface area contributed by atoms with E-state index in [1.807, 2.05) is 25.1 Å². The number of benzene rings is 1. The molecule has 1 rings (SSSR count). The molecule has 0 aliphatic heterocycles. The maximum absolute atomic E-state index is 11.4. The van der Waals surface area contributed by atoms with Gasteiger partial charge in [-0.2, -0.15) is 0 Å². The fraction of sp³-hybridized carbons (Fsp3) is 0.462. The lowest BCUT2D eigenvalue weighted by Crippen LogP contribution is -2.30. The largest absolute Gasteiger partial charge is 0.392 e. The van der Waals surface area contributed by atoms with E-state index in [0.717, 1.165) is 16.1 Å². The predicted molar refractivity (Wildman–Crippen MR) is 69.2 cm³/mol. The molecule has 17 heavy (non-hydrogen) atoms. The number of aryl methyl sites for hydroxylation is 2. The van der Waals surface area contributed by atoms with Crippen LogP contribution in [-0.4, -0.2) is 23.7 Å². The second-order valence-electron chi connectivity index (χ2n) is 4.24. The lowest BCUT2D eigenvalue weighted by atomic mass is 10.1. The van der Waals surface area contributed by atoms with Gasteiger partial charge in [-0.25, -0.2) is 0 Å². The summed E-state index contributed by atoms with van der Waals surface area (Å²) in [4.78, 5) is 11.4. The molecule has 1 aromatic carbocycles. The summed E-state index contributed by atoms with van der Waals surface area (Å²) in [6.07, 6.45) is 0.561. The van der Waals surface area contributed by atoms with Crippen molar-refractivity contribution in [2.75, 3.05) is 6.54 Å². The summed E-state index contributed by atoms with van der Waals surface area (Å²) in [7, 11) is 0. The molecule has 0 fully saturated rings. The van der Waals surface area contributed by atoms with E-state index in [-0.39, 0.29) is 5.91 Å². The normalized spacial score (nSPS) is 12.2. The van der Waals surface area contributed by atoms with Crippen LogP contribution < -0.4 is 5.32 Å². The van der Waals surface area contributed by atoms with Crippen molar-refractivity contribution >= 4 is 17.5 Å². The molecular formula is C13H18ClNO2. The van der Waals surface area contributed by atoms with E-state index in [4.69, 9.17) is 16.7 Å². The van der Waals surface area contributed by atoms with Crippen LogP contribution in [0, 0.1) is 6.92 Å². The molecule has 0 aliphatic rings. The third kappa shape index (κ3) is 5.20. The van der Waals surface area contributed by atoms with Crippen molar-refractivity contribution < 1.29 is 9.90 Å². The van der Waals surface area contributed by atoms with E-state index in [0.29, 0.717) is 19.4 Å². The Kier molecular flexibility index (Phi) is 5.45. The number of amides is 1. The Hall–Kier alpha value is -1.06. The Morgan fingerprint density at radius 1 is 1.53 bits per heavy atom. The molecule has 0 aromatic heterocycles. The van der Waals surface area contributed by atoms with E-state index in [2.05, 4.69) is 5.32 Å². The fourth-order valence-electron chi connectivity index (χ4n) is 1.40. The molecule has 0 heterocycles. The van der Waals surface area contributed by atoms with E-state index in [9.17, 15) is 4.79 Å². The maximum Gasteiger partial charge on any atom is 0.220 e. The summed E-state index contributed by atoms with van der Waals surface area (Å²) in [5.74, 6) is -0.0532. The predicted octanol–water partition coefficient (Wildman–Crippen LogP) is 2.08. The minimum absolute atomic E-state index is 0.0532. The Morgan fingerprint density at radius 2 is 2.24 bits per heavy atom. The first kappa shape index (κ1) is 14.0. The van der Waals surface area contributed by atoms with Crippen molar-refractivity contribution in [2.45, 2.75) is 32.8 Å². The van der Waals surface area contributed by atoms with Crippen LogP contribution >= 0.6 is 11.6 Å². The highest BCUT2D eigenvalue weighted by Crippen LogP contribution is 2.17. The highest BCUT2D eigenvalue weighted by Gasteiger charge is 2.04. The number of hydrogen-bond acceptors (Lipinski definition) is 2. The van der Waals surface area contributed by atoms with Gasteiger partial charge in [0.25, 0.3) is 0 Å². The molecule has 4 heteroatoms. The number of rotatable bonds is 5. The second-order valence-corrected chi connectivity index (χ2v) is 4.64. The van der Waals surface area contributed by atoms with E-state index < -0.39 is 6.10 Å². The van der Waals surface area contributed by atoms with Crippen LogP contribution in [0.3, 0.4) is 0 Å². The van der Waals surface area contributed by atoms with Crippen molar-refractivity contribution in [3.63, 3.8) is 0 Å². The van der Waals surface area contributed by atoms with Gasteiger partial charge in [-0.15, -0.1) is 0 Å². The molecule has 0 saturated heterocycles. The molecule has 2 N–H and O–H groups in total. The van der Waals surface area contributed by atoms with Crippen LogP contribution in [0.1, 0.15) is 24.5 Å². The summed E-state index contributed by atoms with van der Waals surface area (Å²) in [6, 6.07) is 5.81. The first-order chi connectivity index (χ1) is 7.99. The van der Waals surface area contributed by atoms with Crippen LogP contribution in [0.15, 0.2) is 18.2 Å². The van der Waals surface area contributed by atoms with Crippen molar-refractivity contribution in [2.24, 2.45) is 0 Å². The molecular weight excluding hydrogens is 238 g/mol. The Bertz CT molecular complexity index is 391. The molecule has 0 radical (unpaired) electrons. The molecule has 1 amide bonds. The number of carbonyl (C=O) groups is 1. The molecule has 0 aliphatic carbocycles. The topological polar surface area (TPSA) is 49.3 Å². The SMILES string of the molecule is Cc1ccc(CCC(=O)NCC(C)O)cc1Cl. The molecule has 0 bridgehead atoms. The van der Waals surface area contributed by atoms with Gasteiger partial charge in [0.15, 0.2) is 0 Å². The Morgan fingerprint density at radius 3 is 2.82 bits per heavy atom. The molecule has 3 nitrogen and oxygen atoms in total. The molecule has 94 valence electrons. The molecule has 0 spiro atoms. The van der Waals surface area contributed by atoms with Crippen molar-refractivity contribution in [1.82, 2.24) is 5.32 Å². The van der Waals surface area contributed by atoms with Gasteiger partial charge in [-0.3, -0.25) is 4.79 Å². The number of aliphatic hydroxyl groups excluding tert-OH is 1. The zero-order valence-corrected chi connectivity index (χ0v) is 10.9. The van der Waals surface area contributed by atoms with Crippen molar-refractivity contribution in [3.8, 4) is 0 Å². The lowest BCUT2D eigenvalue weighted by Gasteiger charge is -2.07. The van der Waals surface area contributed by atoms with E-state index >= 15 is 0 Å². The van der Waals surface area contributed by atoms with Gasteiger partial charge < -0.3 is 10.4 Å². The molecule has 0 saturated carbocycles. The third-order valence-electron chi connectivity index (χ3n) is 2.47. The summed E-state index contributed by atoms with van der Waals surface area (Å²) >= 11 is 6.00. The average Bonchev–Trinajstić information content (AvgIpc) is 2.28. The minimum Gasteiger partial charge on any atom is -0.392 e. The minimum atomic E-state index is -0.507. The van der Waals surface area contributed by atoms with Gasteiger partial charge >= 0.3 is 0 Å². The van der Waals surface area contributed by atoms with Gasteiger partial charge in [0.2, 0.25) is 5.91 Å². The highest BCUT2D eigenvalue weighted by molar-refractivity contribution is 6.31. The second kappa shape index (κ2) is 6.62. The van der Waals surface area contributed by atoms with Crippen LogP contribution in [-0.2, 0) is 11.2 Å². The number of halogens is 1. The molecule has 1 unspecified atom stereocenters. The quantitative estimate of drug-likeness (QED) is 0.846. The third-order valence-corrected chi connectivity index (χ3v) is 2.88. The summed E-state index contributed by atoms with van der Waals surface area (Å²) in [6.45, 7) is 3.88. The smallest absolute Gasteiger partial charge is 0.220 e. The van der Waals surface area contributed by atoms with Gasteiger partial charge in [-0.1, -0.05) is 23.7 Å². The van der Waals surface area contributed by atoms with Gasteiger partial charge in [-0.05, 0) is 37.5 Å². The Balaban J connectivity index is 2.39. The number of carbonyl (C=O) groups excluding carboxylic acids is 1. The van der Waals surface area contributed by atoms with E-state index in [1.54, 1.807) is 6.92 Å². The zero-order chi connectivity index (χ0) is 12.8. The zero-order valence-electron chi connectivity index (χ0n) is 10.2. The standard InChI is InChI=1S/C13H18ClNO2/c1-9-3-4-11(7-12(9)14)5-6-13(17)15-8-10(2)16/h3-4,7,10,16H,5-6,8H2,1-2H3,(H,15,17). The van der Waals surface area contributed by atoms with E-state index in [1.165, 1.54) is 0 Å². The summed E-state index contributed by atoms with van der Waals surface area (Å²) in [5, 5.41) is 12.4. The highest BCUT2D eigenvalue weighted by atomic mass is 35.5. The van der Waals surface area contributed by atoms with Crippen molar-refractivity contribution in [3.05, 3.63) is 34.3 Å². The fourth-order valence-corrected chi connectivity index (χ4v) is 1.60. The molecule has 1 aromatic rings. The number of nitrogens with one attached hydrogen (secondary N) is 1. The van der Waals surface area contributed by atoms with Gasteiger partial charge in [0.1, 0.15) is 0 Å². The summed E-state index contributed by atoms with van der Waals surface area (Å²) in [5.41, 5.74) is 2.08. The van der Waals surface area contributed by atoms with Crippen molar-refractivity contribution in [1.29, 1.82) is 0 Å². The first-order valence-corrected chi connectivity index (χ1v) is 6.06. The summed E-state index contributed by atoms with van der Waals surface area (Å²) < 4.78 is 0. The maximum atomic E-state index is 11.4. The average molecular weight is 256 g/mol. The van der Waals surface area contributed by atoms with Crippen LogP contribution in [0.25, 0.3) is 0 Å². The lowest BCUT2D eigenvalue weighted by molar-refractivity contribution is -0.121. The van der Waals surface area contributed by atoms with Crippen LogP contribution in [0.2, 0.25) is 5.02 Å².